The van der Waals surface area contributed by atoms with E-state index in [0.29, 0.717) is 0 Å². The highest BCUT2D eigenvalue weighted by Crippen LogP contribution is 2.47. The molecule has 10 aromatic carbocycles. The van der Waals surface area contributed by atoms with E-state index in [4.69, 9.17) is 0 Å². The van der Waals surface area contributed by atoms with Gasteiger partial charge < -0.3 is 9.47 Å². The lowest BCUT2D eigenvalue weighted by Crippen LogP contribution is -2.09. The topological polar surface area (TPSA) is 8.17 Å². The van der Waals surface area contributed by atoms with E-state index >= 15 is 0 Å². The molecule has 0 unspecified atom stereocenters. The van der Waals surface area contributed by atoms with Crippen LogP contribution in [0.4, 0.5) is 17.1 Å². The van der Waals surface area contributed by atoms with Crippen molar-refractivity contribution in [2.24, 2.45) is 0 Å². The summed E-state index contributed by atoms with van der Waals surface area (Å²) < 4.78 is 2.43. The van der Waals surface area contributed by atoms with Crippen LogP contribution in [0, 0.1) is 0 Å². The SMILES string of the molecule is c1ccc(-c2ccc(N(c3ccc(-c4ccccc4)cc3)c3ccc(-c4ccc5c6c4c4ccccc4c4cccc(c46)n5-c4ccccc4)cc3)cc2)cc1. The van der Waals surface area contributed by atoms with Gasteiger partial charge in [-0.25, -0.2) is 0 Å². The van der Waals surface area contributed by atoms with Gasteiger partial charge in [-0.1, -0.05) is 158 Å². The maximum absolute atomic E-state index is 2.43. The summed E-state index contributed by atoms with van der Waals surface area (Å²) in [5.74, 6) is 0. The molecule has 0 radical (unpaired) electrons. The number of nitrogens with zero attached hydrogens (tertiary/aromatic N) is 2. The smallest absolute Gasteiger partial charge is 0.0548 e. The van der Waals surface area contributed by atoms with Crippen molar-refractivity contribution in [2.45, 2.75) is 0 Å². The lowest BCUT2D eigenvalue weighted by atomic mass is 9.89. The highest BCUT2D eigenvalue weighted by molar-refractivity contribution is 6.36. The third-order valence-corrected chi connectivity index (χ3v) is 11.4. The van der Waals surface area contributed by atoms with Crippen LogP contribution < -0.4 is 4.90 Å². The Hall–Kier alpha value is -7.42. The third kappa shape index (κ3) is 5.19. The number of para-hydroxylation sites is 1. The maximum Gasteiger partial charge on any atom is 0.0548 e. The van der Waals surface area contributed by atoms with Crippen LogP contribution >= 0.6 is 0 Å². The summed E-state index contributed by atoms with van der Waals surface area (Å²) >= 11 is 0. The van der Waals surface area contributed by atoms with E-state index in [1.807, 2.05) is 0 Å². The number of hydrogen-bond donors (Lipinski definition) is 0. The van der Waals surface area contributed by atoms with Gasteiger partial charge in [-0.15, -0.1) is 0 Å². The summed E-state index contributed by atoms with van der Waals surface area (Å²) in [6.07, 6.45) is 0. The number of rotatable bonds is 7. The molecule has 0 amide bonds. The quantitative estimate of drug-likeness (QED) is 0.149. The molecule has 2 heteroatoms. The number of benzene rings is 10. The Labute approximate surface area is 326 Å². The van der Waals surface area contributed by atoms with Gasteiger partial charge in [-0.05, 0) is 110 Å². The van der Waals surface area contributed by atoms with Crippen LogP contribution in [0.1, 0.15) is 0 Å². The summed E-state index contributed by atoms with van der Waals surface area (Å²) in [7, 11) is 0. The first-order valence-electron chi connectivity index (χ1n) is 19.3. The summed E-state index contributed by atoms with van der Waals surface area (Å²) in [6, 6.07) is 79.2. The van der Waals surface area contributed by atoms with Gasteiger partial charge in [0.25, 0.3) is 0 Å². The second-order valence-corrected chi connectivity index (χ2v) is 14.5. The van der Waals surface area contributed by atoms with Crippen molar-refractivity contribution < 1.29 is 0 Å². The molecule has 262 valence electrons. The molecule has 0 saturated heterocycles. The van der Waals surface area contributed by atoms with Gasteiger partial charge in [-0.2, -0.15) is 0 Å². The number of fused-ring (bicyclic) bond motifs is 3. The Morgan fingerprint density at radius 3 is 1.27 bits per heavy atom. The molecule has 0 spiro atoms. The average molecular weight is 713 g/mol. The van der Waals surface area contributed by atoms with E-state index in [1.165, 1.54) is 82.4 Å². The van der Waals surface area contributed by atoms with Crippen LogP contribution in [0.3, 0.4) is 0 Å². The summed E-state index contributed by atoms with van der Waals surface area (Å²) in [5.41, 5.74) is 14.2. The monoisotopic (exact) mass is 712 g/mol. The standard InChI is InChI=1S/C54H36N2/c1-4-13-37(14-5-1)39-23-29-43(30-24-39)55(44-31-25-40(26-32-44)38-15-6-2-7-16-38)45-33-27-41(28-34-45)46-35-36-51-54-52(46)48-20-11-10-19-47(48)49-21-12-22-50(53(49)54)56(51)42-17-8-3-9-18-42/h1-36H. The van der Waals surface area contributed by atoms with Crippen molar-refractivity contribution in [3.63, 3.8) is 0 Å². The second kappa shape index (κ2) is 13.2. The minimum absolute atomic E-state index is 1.10. The van der Waals surface area contributed by atoms with Crippen molar-refractivity contribution in [3.8, 4) is 39.1 Å². The van der Waals surface area contributed by atoms with Crippen molar-refractivity contribution in [3.05, 3.63) is 218 Å². The Morgan fingerprint density at radius 2 is 0.696 bits per heavy atom. The minimum atomic E-state index is 1.10. The predicted molar refractivity (Wildman–Crippen MR) is 238 cm³/mol. The van der Waals surface area contributed by atoms with Gasteiger partial charge in [0.2, 0.25) is 0 Å². The van der Waals surface area contributed by atoms with Crippen molar-refractivity contribution >= 4 is 60.4 Å². The lowest BCUT2D eigenvalue weighted by molar-refractivity contribution is 1.18. The first-order valence-corrected chi connectivity index (χ1v) is 19.3. The van der Waals surface area contributed by atoms with Crippen LogP contribution in [0.15, 0.2) is 218 Å². The van der Waals surface area contributed by atoms with Gasteiger partial charge >= 0.3 is 0 Å². The molecule has 0 aliphatic rings. The average Bonchev–Trinajstić information content (AvgIpc) is 3.63. The van der Waals surface area contributed by atoms with Gasteiger partial charge in [0, 0.05) is 38.9 Å². The number of aromatic nitrogens is 1. The molecule has 0 saturated carbocycles. The zero-order valence-corrected chi connectivity index (χ0v) is 30.7. The maximum atomic E-state index is 2.43. The Kier molecular flexibility index (Phi) is 7.53. The Morgan fingerprint density at radius 1 is 0.268 bits per heavy atom. The van der Waals surface area contributed by atoms with Crippen LogP contribution in [0.5, 0.6) is 0 Å². The molecule has 11 aromatic rings. The van der Waals surface area contributed by atoms with Gasteiger partial charge in [-0.3, -0.25) is 0 Å². The third-order valence-electron chi connectivity index (χ3n) is 11.4. The molecule has 0 N–H and O–H groups in total. The van der Waals surface area contributed by atoms with Crippen molar-refractivity contribution in [2.75, 3.05) is 4.90 Å². The zero-order chi connectivity index (χ0) is 37.0. The van der Waals surface area contributed by atoms with E-state index in [-0.39, 0.29) is 0 Å². The first kappa shape index (κ1) is 32.0. The van der Waals surface area contributed by atoms with E-state index in [9.17, 15) is 0 Å². The predicted octanol–water partition coefficient (Wildman–Crippen LogP) is 15.0. The van der Waals surface area contributed by atoms with Crippen LogP contribution in [0.2, 0.25) is 0 Å². The molecule has 11 rings (SSSR count). The molecule has 0 atom stereocenters. The van der Waals surface area contributed by atoms with E-state index < -0.39 is 0 Å². The summed E-state index contributed by atoms with van der Waals surface area (Å²) in [4.78, 5) is 2.36. The molecule has 0 bridgehead atoms. The van der Waals surface area contributed by atoms with Gasteiger partial charge in [0.05, 0.1) is 11.0 Å². The molecule has 0 fully saturated rings. The van der Waals surface area contributed by atoms with Crippen LogP contribution in [-0.2, 0) is 0 Å². The molecular weight excluding hydrogens is 677 g/mol. The number of anilines is 3. The van der Waals surface area contributed by atoms with Crippen molar-refractivity contribution in [1.29, 1.82) is 0 Å². The summed E-state index contributed by atoms with van der Waals surface area (Å²) in [5, 5.41) is 7.80. The molecule has 56 heavy (non-hydrogen) atoms. The second-order valence-electron chi connectivity index (χ2n) is 14.5. The normalized spacial score (nSPS) is 11.6. The number of hydrogen-bond acceptors (Lipinski definition) is 1. The van der Waals surface area contributed by atoms with Crippen LogP contribution in [0.25, 0.3) is 82.4 Å². The van der Waals surface area contributed by atoms with Crippen molar-refractivity contribution in [1.82, 2.24) is 4.57 Å². The molecular formula is C54H36N2. The van der Waals surface area contributed by atoms with E-state index in [1.54, 1.807) is 0 Å². The van der Waals surface area contributed by atoms with Crippen LogP contribution in [-0.4, -0.2) is 4.57 Å². The van der Waals surface area contributed by atoms with Gasteiger partial charge in [0.1, 0.15) is 0 Å². The largest absolute Gasteiger partial charge is 0.311 e. The fourth-order valence-corrected chi connectivity index (χ4v) is 8.79. The van der Waals surface area contributed by atoms with Gasteiger partial charge in [0.15, 0.2) is 0 Å². The highest BCUT2D eigenvalue weighted by Gasteiger charge is 2.22. The first-order chi connectivity index (χ1) is 27.8. The molecule has 2 nitrogen and oxygen atoms in total. The summed E-state index contributed by atoms with van der Waals surface area (Å²) in [6.45, 7) is 0. The molecule has 0 aliphatic heterocycles. The minimum Gasteiger partial charge on any atom is -0.311 e. The molecule has 0 aliphatic carbocycles. The molecule has 1 heterocycles. The molecule has 1 aromatic heterocycles. The Balaban J connectivity index is 1.07. The Bertz CT molecular complexity index is 3040. The lowest BCUT2D eigenvalue weighted by Gasteiger charge is -2.26. The van der Waals surface area contributed by atoms with E-state index in [0.717, 1.165) is 17.1 Å². The fourth-order valence-electron chi connectivity index (χ4n) is 8.79. The fraction of sp³-hybridized carbons (Fsp3) is 0. The van der Waals surface area contributed by atoms with E-state index in [2.05, 4.69) is 228 Å². The zero-order valence-electron chi connectivity index (χ0n) is 30.7. The highest BCUT2D eigenvalue weighted by atomic mass is 15.1.